The highest BCUT2D eigenvalue weighted by Crippen LogP contribution is 2.22. The Morgan fingerprint density at radius 3 is 2.95 bits per heavy atom. The molecule has 1 aromatic rings. The lowest BCUT2D eigenvalue weighted by molar-refractivity contribution is -0.140. The van der Waals surface area contributed by atoms with Crippen molar-refractivity contribution in [1.29, 1.82) is 0 Å². The summed E-state index contributed by atoms with van der Waals surface area (Å²) in [6.45, 7) is 2.62. The first kappa shape index (κ1) is 16.3. The molecule has 6 heteroatoms. The maximum atomic E-state index is 12.3. The molecule has 114 valence electrons. The van der Waals surface area contributed by atoms with Gasteiger partial charge in [-0.1, -0.05) is 29.3 Å². The minimum atomic E-state index is -0.322. The number of carbonyl (C=O) groups is 1. The van der Waals surface area contributed by atoms with Crippen LogP contribution >= 0.6 is 23.2 Å². The number of carbonyl (C=O) groups excluding carboxylic acids is 1. The second-order valence-electron chi connectivity index (χ2n) is 4.98. The number of hydrogen-bond donors (Lipinski definition) is 1. The average Bonchev–Trinajstić information content (AvgIpc) is 2.46. The predicted octanol–water partition coefficient (Wildman–Crippen LogP) is 2.61. The third kappa shape index (κ3) is 4.20. The van der Waals surface area contributed by atoms with Gasteiger partial charge in [0.25, 0.3) is 0 Å². The van der Waals surface area contributed by atoms with Crippen LogP contribution in [0.15, 0.2) is 24.3 Å². The molecule has 2 rings (SSSR count). The van der Waals surface area contributed by atoms with Crippen LogP contribution in [0.1, 0.15) is 12.5 Å². The highest BCUT2D eigenvalue weighted by Gasteiger charge is 2.27. The molecule has 21 heavy (non-hydrogen) atoms. The summed E-state index contributed by atoms with van der Waals surface area (Å²) in [6, 6.07) is 5.09. The molecule has 1 N–H and O–H groups in total. The lowest BCUT2D eigenvalue weighted by Gasteiger charge is -2.36. The van der Waals surface area contributed by atoms with Crippen LogP contribution in [0.4, 0.5) is 0 Å². The highest BCUT2D eigenvalue weighted by molar-refractivity contribution is 6.35. The molecule has 1 fully saturated rings. The van der Waals surface area contributed by atoms with Gasteiger partial charge in [0.15, 0.2) is 0 Å². The Bertz CT molecular complexity index is 548. The first-order chi connectivity index (χ1) is 10.0. The molecule has 1 aliphatic rings. The van der Waals surface area contributed by atoms with Crippen molar-refractivity contribution in [2.45, 2.75) is 19.1 Å². The van der Waals surface area contributed by atoms with Crippen molar-refractivity contribution in [3.05, 3.63) is 39.9 Å². The fourth-order valence-corrected chi connectivity index (χ4v) is 2.60. The van der Waals surface area contributed by atoms with E-state index in [1.165, 1.54) is 6.08 Å². The Balaban J connectivity index is 2.07. The van der Waals surface area contributed by atoms with E-state index in [2.05, 4.69) is 0 Å². The minimum Gasteiger partial charge on any atom is -0.394 e. The van der Waals surface area contributed by atoms with Crippen LogP contribution in [0.25, 0.3) is 6.08 Å². The zero-order valence-electron chi connectivity index (χ0n) is 11.6. The van der Waals surface area contributed by atoms with Crippen LogP contribution in [-0.4, -0.2) is 47.8 Å². The van der Waals surface area contributed by atoms with Crippen LogP contribution in [0.5, 0.6) is 0 Å². The fourth-order valence-electron chi connectivity index (χ4n) is 2.13. The average molecular weight is 330 g/mol. The Morgan fingerprint density at radius 1 is 1.52 bits per heavy atom. The van der Waals surface area contributed by atoms with Crippen molar-refractivity contribution in [2.75, 3.05) is 19.8 Å². The van der Waals surface area contributed by atoms with E-state index in [0.29, 0.717) is 23.2 Å². The van der Waals surface area contributed by atoms with Gasteiger partial charge in [-0.3, -0.25) is 4.79 Å². The second-order valence-corrected chi connectivity index (χ2v) is 5.82. The van der Waals surface area contributed by atoms with E-state index >= 15 is 0 Å². The van der Waals surface area contributed by atoms with Crippen molar-refractivity contribution in [2.24, 2.45) is 0 Å². The first-order valence-electron chi connectivity index (χ1n) is 6.67. The van der Waals surface area contributed by atoms with Gasteiger partial charge >= 0.3 is 0 Å². The maximum Gasteiger partial charge on any atom is 0.246 e. The summed E-state index contributed by atoms with van der Waals surface area (Å²) in [7, 11) is 0. The first-order valence-corrected chi connectivity index (χ1v) is 7.43. The molecule has 0 aromatic heterocycles. The molecule has 4 nitrogen and oxygen atoms in total. The van der Waals surface area contributed by atoms with Crippen molar-refractivity contribution in [3.63, 3.8) is 0 Å². The van der Waals surface area contributed by atoms with Crippen molar-refractivity contribution in [1.82, 2.24) is 4.90 Å². The van der Waals surface area contributed by atoms with Gasteiger partial charge in [-0.25, -0.2) is 0 Å². The van der Waals surface area contributed by atoms with Crippen LogP contribution in [0, 0.1) is 0 Å². The molecular formula is C15H17Cl2NO3. The summed E-state index contributed by atoms with van der Waals surface area (Å²) in [5.41, 5.74) is 0.731. The molecule has 0 radical (unpaired) electrons. The zero-order chi connectivity index (χ0) is 15.4. The number of halogens is 2. The molecule has 1 aromatic carbocycles. The van der Waals surface area contributed by atoms with E-state index < -0.39 is 0 Å². The van der Waals surface area contributed by atoms with Crippen molar-refractivity contribution in [3.8, 4) is 0 Å². The molecular weight excluding hydrogens is 313 g/mol. The summed E-state index contributed by atoms with van der Waals surface area (Å²) < 4.78 is 5.41. The Hall–Kier alpha value is -1.07. The van der Waals surface area contributed by atoms with E-state index in [-0.39, 0.29) is 24.7 Å². The Morgan fingerprint density at radius 2 is 2.29 bits per heavy atom. The summed E-state index contributed by atoms with van der Waals surface area (Å²) >= 11 is 11.9. The van der Waals surface area contributed by atoms with Crippen LogP contribution in [0.3, 0.4) is 0 Å². The van der Waals surface area contributed by atoms with Gasteiger partial charge in [-0.05, 0) is 30.7 Å². The van der Waals surface area contributed by atoms with Crippen LogP contribution in [0.2, 0.25) is 10.0 Å². The summed E-state index contributed by atoms with van der Waals surface area (Å²) in [4.78, 5) is 13.9. The van der Waals surface area contributed by atoms with E-state index in [9.17, 15) is 4.79 Å². The molecule has 1 aliphatic heterocycles. The number of hydrogen-bond acceptors (Lipinski definition) is 3. The largest absolute Gasteiger partial charge is 0.394 e. The van der Waals surface area contributed by atoms with Crippen molar-refractivity contribution < 1.29 is 14.6 Å². The number of morpholine rings is 1. The summed E-state index contributed by atoms with van der Waals surface area (Å²) in [6.07, 6.45) is 2.82. The van der Waals surface area contributed by atoms with E-state index in [4.69, 9.17) is 33.0 Å². The molecule has 2 atom stereocenters. The van der Waals surface area contributed by atoms with Gasteiger partial charge in [0.05, 0.1) is 25.4 Å². The third-order valence-electron chi connectivity index (χ3n) is 3.36. The highest BCUT2D eigenvalue weighted by atomic mass is 35.5. The minimum absolute atomic E-state index is 0.0226. The molecule has 1 saturated heterocycles. The van der Waals surface area contributed by atoms with Gasteiger partial charge in [-0.15, -0.1) is 0 Å². The van der Waals surface area contributed by atoms with E-state index in [0.717, 1.165) is 5.56 Å². The lowest BCUT2D eigenvalue weighted by atomic mass is 10.1. The van der Waals surface area contributed by atoms with Gasteiger partial charge < -0.3 is 14.7 Å². The topological polar surface area (TPSA) is 49.8 Å². The second kappa shape index (κ2) is 7.27. The van der Waals surface area contributed by atoms with E-state index in [1.807, 2.05) is 6.92 Å². The number of ether oxygens (including phenoxy) is 1. The standard InChI is InChI=1S/C15H17Cl2NO3/c1-10-9-21-13(8-19)7-18(10)15(20)5-3-11-2-4-12(16)6-14(11)17/h2-6,10,13,19H,7-9H2,1H3/b5-3+. The number of aliphatic hydroxyl groups is 1. The number of amides is 1. The van der Waals surface area contributed by atoms with Gasteiger partial charge in [-0.2, -0.15) is 0 Å². The Kier molecular flexibility index (Phi) is 5.65. The maximum absolute atomic E-state index is 12.3. The normalized spacial score (nSPS) is 22.8. The van der Waals surface area contributed by atoms with E-state index in [1.54, 1.807) is 29.2 Å². The molecule has 0 aliphatic carbocycles. The van der Waals surface area contributed by atoms with Crippen LogP contribution < -0.4 is 0 Å². The monoisotopic (exact) mass is 329 g/mol. The molecule has 0 bridgehead atoms. The summed E-state index contributed by atoms with van der Waals surface area (Å²) in [5.74, 6) is -0.129. The smallest absolute Gasteiger partial charge is 0.246 e. The van der Waals surface area contributed by atoms with Crippen LogP contribution in [-0.2, 0) is 9.53 Å². The molecule has 0 spiro atoms. The number of nitrogens with zero attached hydrogens (tertiary/aromatic N) is 1. The van der Waals surface area contributed by atoms with Gasteiger partial charge in [0, 0.05) is 22.7 Å². The van der Waals surface area contributed by atoms with Gasteiger partial charge in [0.1, 0.15) is 0 Å². The lowest BCUT2D eigenvalue weighted by Crippen LogP contribution is -2.51. The summed E-state index contributed by atoms with van der Waals surface area (Å²) in [5, 5.41) is 10.2. The number of aliphatic hydroxyl groups excluding tert-OH is 1. The quantitative estimate of drug-likeness (QED) is 0.867. The van der Waals surface area contributed by atoms with Crippen molar-refractivity contribution >= 4 is 35.2 Å². The fraction of sp³-hybridized carbons (Fsp3) is 0.400. The SMILES string of the molecule is CC1COC(CO)CN1C(=O)/C=C/c1ccc(Cl)cc1Cl. The number of rotatable bonds is 3. The predicted molar refractivity (Wildman–Crippen MR) is 83.5 cm³/mol. The third-order valence-corrected chi connectivity index (χ3v) is 3.92. The molecule has 2 unspecified atom stereocenters. The molecule has 1 heterocycles. The number of benzene rings is 1. The molecule has 1 amide bonds. The Labute approximate surface area is 133 Å². The van der Waals surface area contributed by atoms with Gasteiger partial charge in [0.2, 0.25) is 5.91 Å². The zero-order valence-corrected chi connectivity index (χ0v) is 13.1. The molecule has 0 saturated carbocycles.